The fourth-order valence-corrected chi connectivity index (χ4v) is 2.82. The lowest BCUT2D eigenvalue weighted by Gasteiger charge is -2.20. The summed E-state index contributed by atoms with van der Waals surface area (Å²) in [6.07, 6.45) is 2.11. The molecule has 0 fully saturated rings. The number of hydrogen-bond donors (Lipinski definition) is 3. The van der Waals surface area contributed by atoms with Gasteiger partial charge < -0.3 is 20.3 Å². The van der Waals surface area contributed by atoms with Crippen molar-refractivity contribution in [3.63, 3.8) is 0 Å². The molecule has 1 aromatic carbocycles. The fourth-order valence-electron chi connectivity index (χ4n) is 1.69. The van der Waals surface area contributed by atoms with E-state index in [4.69, 9.17) is 36.1 Å². The van der Waals surface area contributed by atoms with Crippen LogP contribution in [0.3, 0.4) is 0 Å². The van der Waals surface area contributed by atoms with Crippen LogP contribution in [0.4, 0.5) is 0 Å². The van der Waals surface area contributed by atoms with Crippen LogP contribution in [-0.4, -0.2) is 40.8 Å². The molecule has 0 bridgehead atoms. The van der Waals surface area contributed by atoms with Crippen molar-refractivity contribution in [2.75, 3.05) is 13.2 Å². The Hall–Kier alpha value is -1.31. The number of unbranched alkanes of at least 4 members (excludes halogenated alkanes) is 1. The van der Waals surface area contributed by atoms with Crippen molar-refractivity contribution in [3.8, 4) is 5.75 Å². The van der Waals surface area contributed by atoms with Crippen molar-refractivity contribution in [2.24, 2.45) is 0 Å². The molecule has 0 aliphatic rings. The van der Waals surface area contributed by atoms with Crippen molar-refractivity contribution >= 4 is 39.5 Å². The first-order valence-corrected chi connectivity index (χ1v) is 8.91. The normalized spacial score (nSPS) is 10.6. The van der Waals surface area contributed by atoms with Gasteiger partial charge in [0.1, 0.15) is 0 Å². The van der Waals surface area contributed by atoms with E-state index < -0.39 is 11.9 Å². The van der Waals surface area contributed by atoms with Gasteiger partial charge in [-0.05, 0) is 80.7 Å². The first-order valence-electron chi connectivity index (χ1n) is 7.73. The zero-order valence-electron chi connectivity index (χ0n) is 14.9. The SMILES string of the molecule is Cc1cc(Cl)c(OCCCCNC(C)(C)C)c(Br)c1.O=C(O)C(=O)O. The quantitative estimate of drug-likeness (QED) is 0.457. The van der Waals surface area contributed by atoms with Crippen LogP contribution in [0.5, 0.6) is 5.75 Å². The fraction of sp³-hybridized carbons (Fsp3) is 0.529. The molecule has 1 aromatic rings. The summed E-state index contributed by atoms with van der Waals surface area (Å²) in [4.78, 5) is 18.2. The van der Waals surface area contributed by atoms with Gasteiger partial charge in [0, 0.05) is 5.54 Å². The number of ether oxygens (including phenoxy) is 1. The Labute approximate surface area is 161 Å². The highest BCUT2D eigenvalue weighted by atomic mass is 79.9. The zero-order valence-corrected chi connectivity index (χ0v) is 17.2. The molecule has 8 heteroatoms. The zero-order chi connectivity index (χ0) is 19.6. The topological polar surface area (TPSA) is 95.9 Å². The molecule has 142 valence electrons. The molecule has 3 N–H and O–H groups in total. The Morgan fingerprint density at radius 1 is 1.20 bits per heavy atom. The summed E-state index contributed by atoms with van der Waals surface area (Å²) in [7, 11) is 0. The Morgan fingerprint density at radius 2 is 1.76 bits per heavy atom. The van der Waals surface area contributed by atoms with E-state index in [2.05, 4.69) is 42.0 Å². The molecule has 25 heavy (non-hydrogen) atoms. The number of aliphatic carboxylic acids is 2. The summed E-state index contributed by atoms with van der Waals surface area (Å²) in [5, 5.41) is 18.9. The molecule has 0 saturated heterocycles. The maximum Gasteiger partial charge on any atom is 0.414 e. The van der Waals surface area contributed by atoms with Crippen molar-refractivity contribution in [3.05, 3.63) is 27.2 Å². The van der Waals surface area contributed by atoms with Gasteiger partial charge in [-0.15, -0.1) is 0 Å². The highest BCUT2D eigenvalue weighted by Gasteiger charge is 2.09. The number of benzene rings is 1. The largest absolute Gasteiger partial charge is 0.491 e. The molecule has 0 unspecified atom stereocenters. The van der Waals surface area contributed by atoms with Gasteiger partial charge in [-0.25, -0.2) is 9.59 Å². The molecule has 0 radical (unpaired) electrons. The monoisotopic (exact) mass is 437 g/mol. The van der Waals surface area contributed by atoms with Gasteiger partial charge >= 0.3 is 11.9 Å². The number of rotatable bonds is 6. The summed E-state index contributed by atoms with van der Waals surface area (Å²) in [5.41, 5.74) is 1.31. The van der Waals surface area contributed by atoms with Crippen LogP contribution >= 0.6 is 27.5 Å². The van der Waals surface area contributed by atoms with Crippen LogP contribution in [0.2, 0.25) is 5.02 Å². The summed E-state index contributed by atoms with van der Waals surface area (Å²) < 4.78 is 6.67. The van der Waals surface area contributed by atoms with Crippen molar-refractivity contribution in [1.29, 1.82) is 0 Å². The summed E-state index contributed by atoms with van der Waals surface area (Å²) in [6.45, 7) is 10.2. The van der Waals surface area contributed by atoms with Crippen molar-refractivity contribution in [1.82, 2.24) is 5.32 Å². The van der Waals surface area contributed by atoms with Gasteiger partial charge in [-0.2, -0.15) is 0 Å². The van der Waals surface area contributed by atoms with Gasteiger partial charge in [0.05, 0.1) is 16.1 Å². The standard InChI is InChI=1S/C15H23BrClNO.C2H2O4/c1-11-9-12(16)14(13(17)10-11)19-8-6-5-7-18-15(2,3)4;3-1(4)2(5)6/h9-10,18H,5-8H2,1-4H3;(H,3,4)(H,5,6). The molecule has 0 atom stereocenters. The molecule has 0 saturated carbocycles. The van der Waals surface area contributed by atoms with E-state index in [0.29, 0.717) is 11.6 Å². The molecule has 0 aromatic heterocycles. The van der Waals surface area contributed by atoms with E-state index >= 15 is 0 Å². The third-order valence-corrected chi connectivity index (χ3v) is 3.67. The summed E-state index contributed by atoms with van der Waals surface area (Å²) >= 11 is 9.65. The third-order valence-electron chi connectivity index (χ3n) is 2.80. The van der Waals surface area contributed by atoms with Crippen molar-refractivity contribution < 1.29 is 24.5 Å². The minimum Gasteiger partial charge on any atom is -0.491 e. The second kappa shape index (κ2) is 11.3. The second-order valence-electron chi connectivity index (χ2n) is 6.40. The maximum absolute atomic E-state index is 9.10. The van der Waals surface area contributed by atoms with Crippen LogP contribution in [0, 0.1) is 6.92 Å². The lowest BCUT2D eigenvalue weighted by atomic mass is 10.1. The van der Waals surface area contributed by atoms with Gasteiger partial charge in [0.2, 0.25) is 0 Å². The first-order chi connectivity index (χ1) is 11.4. The molecule has 1 rings (SSSR count). The molecule has 0 heterocycles. The average molecular weight is 439 g/mol. The van der Waals surface area contributed by atoms with Gasteiger partial charge in [0.15, 0.2) is 5.75 Å². The Morgan fingerprint density at radius 3 is 2.20 bits per heavy atom. The molecule has 0 aliphatic carbocycles. The lowest BCUT2D eigenvalue weighted by molar-refractivity contribution is -0.159. The van der Waals surface area contributed by atoms with Crippen LogP contribution in [-0.2, 0) is 9.59 Å². The van der Waals surface area contributed by atoms with E-state index in [9.17, 15) is 0 Å². The van der Waals surface area contributed by atoms with Crippen LogP contribution < -0.4 is 10.1 Å². The third kappa shape index (κ3) is 11.8. The molecule has 6 nitrogen and oxygen atoms in total. The van der Waals surface area contributed by atoms with Gasteiger partial charge in [-0.1, -0.05) is 11.6 Å². The van der Waals surface area contributed by atoms with E-state index in [0.717, 1.165) is 35.2 Å². The van der Waals surface area contributed by atoms with Crippen LogP contribution in [0.1, 0.15) is 39.2 Å². The maximum atomic E-state index is 9.10. The number of halogens is 2. The first kappa shape index (κ1) is 23.7. The Balaban J connectivity index is 0.000000823. The molecule has 0 aliphatic heterocycles. The van der Waals surface area contributed by atoms with Gasteiger partial charge in [0.25, 0.3) is 0 Å². The average Bonchev–Trinajstić information content (AvgIpc) is 2.44. The number of carboxylic acids is 2. The summed E-state index contributed by atoms with van der Waals surface area (Å²) in [6, 6.07) is 3.94. The minimum atomic E-state index is -1.82. The molecule has 0 spiro atoms. The number of hydrogen-bond acceptors (Lipinski definition) is 4. The highest BCUT2D eigenvalue weighted by molar-refractivity contribution is 9.10. The molecular formula is C17H25BrClNO5. The van der Waals surface area contributed by atoms with E-state index in [1.807, 2.05) is 19.1 Å². The molecular weight excluding hydrogens is 414 g/mol. The lowest BCUT2D eigenvalue weighted by Crippen LogP contribution is -2.36. The van der Waals surface area contributed by atoms with Crippen molar-refractivity contribution in [2.45, 2.75) is 46.1 Å². The van der Waals surface area contributed by atoms with E-state index in [1.165, 1.54) is 0 Å². The van der Waals surface area contributed by atoms with Crippen LogP contribution in [0.15, 0.2) is 16.6 Å². The number of nitrogens with one attached hydrogen (secondary N) is 1. The number of aryl methyl sites for hydroxylation is 1. The van der Waals surface area contributed by atoms with Crippen LogP contribution in [0.25, 0.3) is 0 Å². The number of carbonyl (C=O) groups is 2. The predicted octanol–water partition coefficient (Wildman–Crippen LogP) is 4.11. The Kier molecular flexibility index (Phi) is 10.7. The number of carboxylic acid groups (broad SMARTS) is 2. The van der Waals surface area contributed by atoms with Gasteiger partial charge in [-0.3, -0.25) is 0 Å². The smallest absolute Gasteiger partial charge is 0.414 e. The predicted molar refractivity (Wildman–Crippen MR) is 102 cm³/mol. The Bertz CT molecular complexity index is 552. The van der Waals surface area contributed by atoms with E-state index in [-0.39, 0.29) is 5.54 Å². The van der Waals surface area contributed by atoms with E-state index in [1.54, 1.807) is 0 Å². The minimum absolute atomic E-state index is 0.185. The molecule has 0 amide bonds. The second-order valence-corrected chi connectivity index (χ2v) is 7.66. The summed E-state index contributed by atoms with van der Waals surface area (Å²) in [5.74, 6) is -2.90. The highest BCUT2D eigenvalue weighted by Crippen LogP contribution is 2.34.